The van der Waals surface area contributed by atoms with Gasteiger partial charge in [-0.1, -0.05) is 54.6 Å². The first-order valence-corrected chi connectivity index (χ1v) is 11.3. The van der Waals surface area contributed by atoms with Gasteiger partial charge in [0.15, 0.2) is 0 Å². The van der Waals surface area contributed by atoms with Gasteiger partial charge in [0.05, 0.1) is 0 Å². The van der Waals surface area contributed by atoms with E-state index in [9.17, 15) is 19.5 Å². The van der Waals surface area contributed by atoms with Crippen LogP contribution in [0.15, 0.2) is 72.8 Å². The highest BCUT2D eigenvalue weighted by atomic mass is 16.5. The van der Waals surface area contributed by atoms with Crippen LogP contribution >= 0.6 is 0 Å². The largest absolute Gasteiger partial charge is 0.480 e. The van der Waals surface area contributed by atoms with Crippen LogP contribution in [0.1, 0.15) is 40.2 Å². The summed E-state index contributed by atoms with van der Waals surface area (Å²) in [5, 5.41) is 12.0. The van der Waals surface area contributed by atoms with Crippen molar-refractivity contribution in [3.05, 3.63) is 89.5 Å². The maximum Gasteiger partial charge on any atom is 0.411 e. The molecule has 2 N–H and O–H groups in total. The minimum Gasteiger partial charge on any atom is -0.480 e. The predicted molar refractivity (Wildman–Crippen MR) is 127 cm³/mol. The van der Waals surface area contributed by atoms with E-state index in [-0.39, 0.29) is 18.4 Å². The molecule has 2 amide bonds. The summed E-state index contributed by atoms with van der Waals surface area (Å²) in [5.41, 5.74) is 5.30. The van der Waals surface area contributed by atoms with Crippen molar-refractivity contribution in [3.8, 4) is 11.1 Å². The van der Waals surface area contributed by atoms with Gasteiger partial charge >= 0.3 is 12.1 Å². The smallest absolute Gasteiger partial charge is 0.411 e. The van der Waals surface area contributed by atoms with E-state index in [1.165, 1.54) is 4.90 Å². The van der Waals surface area contributed by atoms with Gasteiger partial charge in [0.2, 0.25) is 0 Å². The van der Waals surface area contributed by atoms with Gasteiger partial charge < -0.3 is 14.7 Å². The number of amides is 2. The maximum absolute atomic E-state index is 12.9. The van der Waals surface area contributed by atoms with E-state index < -0.39 is 18.1 Å². The monoisotopic (exact) mass is 456 g/mol. The number of hydrogen-bond donors (Lipinski definition) is 2. The summed E-state index contributed by atoms with van der Waals surface area (Å²) in [6.07, 6.45) is 0.482. The number of likely N-dealkylation sites (tertiary alicyclic amines) is 1. The van der Waals surface area contributed by atoms with Gasteiger partial charge in [0.25, 0.3) is 5.91 Å². The molecule has 1 saturated heterocycles. The number of carboxylic acid groups (broad SMARTS) is 1. The third-order valence-corrected chi connectivity index (χ3v) is 6.50. The lowest BCUT2D eigenvalue weighted by atomic mass is 9.98. The molecule has 0 bridgehead atoms. The van der Waals surface area contributed by atoms with Gasteiger partial charge in [0.1, 0.15) is 12.6 Å². The van der Waals surface area contributed by atoms with Gasteiger partial charge in [-0.05, 0) is 53.3 Å². The first-order valence-electron chi connectivity index (χ1n) is 11.3. The predicted octanol–water partition coefficient (Wildman–Crippen LogP) is 4.74. The van der Waals surface area contributed by atoms with Crippen molar-refractivity contribution in [2.24, 2.45) is 0 Å². The molecule has 0 spiro atoms. The van der Waals surface area contributed by atoms with Crippen molar-refractivity contribution in [1.82, 2.24) is 4.90 Å². The molecule has 172 valence electrons. The molecule has 1 fully saturated rings. The van der Waals surface area contributed by atoms with Crippen molar-refractivity contribution < 1.29 is 24.2 Å². The number of nitrogens with one attached hydrogen (secondary N) is 1. The fourth-order valence-corrected chi connectivity index (χ4v) is 4.91. The van der Waals surface area contributed by atoms with Gasteiger partial charge in [-0.25, -0.2) is 9.59 Å². The summed E-state index contributed by atoms with van der Waals surface area (Å²) in [7, 11) is 0. The zero-order valence-corrected chi connectivity index (χ0v) is 18.4. The Morgan fingerprint density at radius 2 is 1.62 bits per heavy atom. The molecule has 2 aliphatic rings. The number of aliphatic carboxylic acids is 1. The summed E-state index contributed by atoms with van der Waals surface area (Å²) < 4.78 is 5.57. The maximum atomic E-state index is 12.9. The van der Waals surface area contributed by atoms with Crippen LogP contribution in [0.3, 0.4) is 0 Å². The van der Waals surface area contributed by atoms with E-state index in [4.69, 9.17) is 4.74 Å². The zero-order chi connectivity index (χ0) is 23.7. The highest BCUT2D eigenvalue weighted by Gasteiger charge is 2.34. The SMILES string of the molecule is O=C(Nc1cccc(C(=O)N2CCC[C@@H]2C(=O)O)c1)OCC1c2ccccc2-c2ccccc21. The Morgan fingerprint density at radius 1 is 0.941 bits per heavy atom. The van der Waals surface area contributed by atoms with Crippen LogP contribution in [0.25, 0.3) is 11.1 Å². The molecule has 0 unspecified atom stereocenters. The second-order valence-electron chi connectivity index (χ2n) is 8.53. The number of hydrogen-bond acceptors (Lipinski definition) is 4. The van der Waals surface area contributed by atoms with Gasteiger partial charge in [0, 0.05) is 23.7 Å². The molecular weight excluding hydrogens is 432 g/mol. The van der Waals surface area contributed by atoms with E-state index in [2.05, 4.69) is 29.6 Å². The van der Waals surface area contributed by atoms with Crippen molar-refractivity contribution in [2.45, 2.75) is 24.8 Å². The number of carbonyl (C=O) groups is 3. The lowest BCUT2D eigenvalue weighted by Crippen LogP contribution is -2.40. The Kier molecular flexibility index (Phi) is 5.76. The van der Waals surface area contributed by atoms with Crippen molar-refractivity contribution in [3.63, 3.8) is 0 Å². The minimum atomic E-state index is -1.00. The molecule has 3 aromatic carbocycles. The normalized spacial score (nSPS) is 16.6. The standard InChI is InChI=1S/C27H24N2O5/c30-25(29-14-6-13-24(29)26(31)32)17-7-5-8-18(15-17)28-27(33)34-16-23-21-11-3-1-9-19(21)20-10-2-4-12-22(20)23/h1-5,7-12,15,23-24H,6,13-14,16H2,(H,28,33)(H,31,32)/t24-/m1/s1. The summed E-state index contributed by atoms with van der Waals surface area (Å²) in [6, 6.07) is 21.9. The molecule has 7 heteroatoms. The van der Waals surface area contributed by atoms with Crippen molar-refractivity contribution >= 4 is 23.7 Å². The average Bonchev–Trinajstić information content (AvgIpc) is 3.46. The molecule has 0 radical (unpaired) electrons. The van der Waals surface area contributed by atoms with E-state index >= 15 is 0 Å². The second-order valence-corrected chi connectivity index (χ2v) is 8.53. The van der Waals surface area contributed by atoms with Gasteiger partial charge in [-0.15, -0.1) is 0 Å². The number of benzene rings is 3. The van der Waals surface area contributed by atoms with Crippen LogP contribution in [0.5, 0.6) is 0 Å². The molecular formula is C27H24N2O5. The van der Waals surface area contributed by atoms with Crippen LogP contribution in [-0.4, -0.2) is 47.2 Å². The molecule has 1 heterocycles. The van der Waals surface area contributed by atoms with Gasteiger partial charge in [-0.3, -0.25) is 10.1 Å². The Morgan fingerprint density at radius 3 is 2.29 bits per heavy atom. The number of anilines is 1. The van der Waals surface area contributed by atoms with E-state index in [0.717, 1.165) is 22.3 Å². The van der Waals surface area contributed by atoms with Crippen molar-refractivity contribution in [2.75, 3.05) is 18.5 Å². The van der Waals surface area contributed by atoms with E-state index in [1.807, 2.05) is 24.3 Å². The Bertz CT molecular complexity index is 1230. The number of rotatable bonds is 5. The van der Waals surface area contributed by atoms with Crippen LogP contribution in [-0.2, 0) is 9.53 Å². The molecule has 1 aliphatic carbocycles. The summed E-state index contributed by atoms with van der Waals surface area (Å²) in [6.45, 7) is 0.590. The van der Waals surface area contributed by atoms with Crippen LogP contribution in [0.2, 0.25) is 0 Å². The summed E-state index contributed by atoms with van der Waals surface area (Å²) in [4.78, 5) is 38.2. The van der Waals surface area contributed by atoms with Crippen molar-refractivity contribution in [1.29, 1.82) is 0 Å². The number of carbonyl (C=O) groups excluding carboxylic acids is 2. The molecule has 34 heavy (non-hydrogen) atoms. The van der Waals surface area contributed by atoms with E-state index in [0.29, 0.717) is 30.6 Å². The fourth-order valence-electron chi connectivity index (χ4n) is 4.91. The molecule has 3 aromatic rings. The first-order chi connectivity index (χ1) is 16.5. The third-order valence-electron chi connectivity index (χ3n) is 6.50. The average molecular weight is 456 g/mol. The Hall–Kier alpha value is -4.13. The zero-order valence-electron chi connectivity index (χ0n) is 18.4. The molecule has 0 aromatic heterocycles. The summed E-state index contributed by atoms with van der Waals surface area (Å²) in [5.74, 6) is -1.41. The first kappa shape index (κ1) is 21.7. The Balaban J connectivity index is 1.26. The Labute approximate surface area is 197 Å². The number of nitrogens with zero attached hydrogens (tertiary/aromatic N) is 1. The minimum absolute atomic E-state index is 0.0471. The number of fused-ring (bicyclic) bond motifs is 3. The number of ether oxygens (including phenoxy) is 1. The number of carboxylic acids is 1. The highest BCUT2D eigenvalue weighted by molar-refractivity contribution is 5.98. The van der Waals surface area contributed by atoms with Crippen LogP contribution in [0, 0.1) is 0 Å². The molecule has 1 aliphatic heterocycles. The quantitative estimate of drug-likeness (QED) is 0.578. The van der Waals surface area contributed by atoms with E-state index in [1.54, 1.807) is 24.3 Å². The third kappa shape index (κ3) is 4.01. The second kappa shape index (κ2) is 9.02. The fraction of sp³-hybridized carbons (Fsp3) is 0.222. The lowest BCUT2D eigenvalue weighted by Gasteiger charge is -2.21. The van der Waals surface area contributed by atoms with Crippen LogP contribution in [0.4, 0.5) is 10.5 Å². The van der Waals surface area contributed by atoms with Crippen LogP contribution < -0.4 is 5.32 Å². The topological polar surface area (TPSA) is 95.9 Å². The lowest BCUT2D eigenvalue weighted by molar-refractivity contribution is -0.141. The summed E-state index contributed by atoms with van der Waals surface area (Å²) >= 11 is 0. The molecule has 0 saturated carbocycles. The molecule has 7 nitrogen and oxygen atoms in total. The molecule has 5 rings (SSSR count). The van der Waals surface area contributed by atoms with Gasteiger partial charge in [-0.2, -0.15) is 0 Å². The molecule has 1 atom stereocenters. The highest BCUT2D eigenvalue weighted by Crippen LogP contribution is 2.44.